The van der Waals surface area contributed by atoms with Gasteiger partial charge in [0, 0.05) is 27.1 Å². The highest BCUT2D eigenvalue weighted by Crippen LogP contribution is 2.39. The monoisotopic (exact) mass is 304 g/mol. The Morgan fingerprint density at radius 3 is 2.65 bits per heavy atom. The molecule has 0 bridgehead atoms. The second-order valence-corrected chi connectivity index (χ2v) is 5.98. The van der Waals surface area contributed by atoms with Gasteiger partial charge >= 0.3 is 0 Å². The average Bonchev–Trinajstić information content (AvgIpc) is 2.76. The molecule has 0 saturated carbocycles. The topological polar surface area (TPSA) is 17.1 Å². The molecule has 2 aromatic rings. The summed E-state index contributed by atoms with van der Waals surface area (Å²) in [7, 11) is 0. The van der Waals surface area contributed by atoms with Gasteiger partial charge in [-0.1, -0.05) is 54.4 Å². The Hall–Kier alpha value is -1.31. The molecule has 0 unspecified atom stereocenters. The molecule has 20 heavy (non-hydrogen) atoms. The number of hydrogen-bond donors (Lipinski definition) is 0. The van der Waals surface area contributed by atoms with Crippen LogP contribution in [0.3, 0.4) is 0 Å². The number of fused-ring (bicyclic) bond motifs is 1. The van der Waals surface area contributed by atoms with Crippen LogP contribution in [0.1, 0.15) is 29.3 Å². The van der Waals surface area contributed by atoms with Crippen molar-refractivity contribution in [2.75, 3.05) is 0 Å². The fourth-order valence-electron chi connectivity index (χ4n) is 2.89. The van der Waals surface area contributed by atoms with Crippen LogP contribution in [-0.4, -0.2) is 5.78 Å². The van der Waals surface area contributed by atoms with Crippen molar-refractivity contribution in [1.82, 2.24) is 0 Å². The third kappa shape index (κ3) is 2.15. The molecule has 2 aromatic carbocycles. The highest BCUT2D eigenvalue weighted by Gasteiger charge is 2.31. The number of Topliss-reactive ketones (excluding diaryl/α,β-unsaturated/α-hetero) is 1. The van der Waals surface area contributed by atoms with Crippen molar-refractivity contribution in [2.45, 2.75) is 19.8 Å². The highest BCUT2D eigenvalue weighted by atomic mass is 35.5. The van der Waals surface area contributed by atoms with Crippen molar-refractivity contribution >= 4 is 29.0 Å². The summed E-state index contributed by atoms with van der Waals surface area (Å²) < 4.78 is 0. The van der Waals surface area contributed by atoms with E-state index in [1.165, 1.54) is 0 Å². The molecular weight excluding hydrogens is 291 g/mol. The predicted octanol–water partition coefficient (Wildman–Crippen LogP) is 5.43. The molecule has 0 saturated heterocycles. The predicted molar refractivity (Wildman–Crippen MR) is 83.7 cm³/mol. The van der Waals surface area contributed by atoms with E-state index in [2.05, 4.69) is 6.92 Å². The second kappa shape index (κ2) is 5.23. The fourth-order valence-corrected chi connectivity index (χ4v) is 3.40. The summed E-state index contributed by atoms with van der Waals surface area (Å²) in [4.78, 5) is 12.5. The molecule has 0 radical (unpaired) electrons. The molecule has 0 aliphatic heterocycles. The second-order valence-electron chi connectivity index (χ2n) is 5.14. The standard InChI is InChI=1S/C17H14Cl2O/c1-2-10-8-11-4-3-5-14(16(11)17(10)20)13-7-6-12(18)9-15(13)19/h3-7,9-10H,2,8H2,1H3/t10-/m0/s1. The number of rotatable bonds is 2. The number of carbonyl (C=O) groups excluding carboxylic acids is 1. The molecule has 1 atom stereocenters. The van der Waals surface area contributed by atoms with Crippen molar-refractivity contribution in [3.05, 3.63) is 57.6 Å². The lowest BCUT2D eigenvalue weighted by Gasteiger charge is -2.10. The SMILES string of the molecule is CC[C@H]1Cc2cccc(-c3ccc(Cl)cc3Cl)c2C1=O. The molecule has 0 heterocycles. The third-order valence-corrected chi connectivity index (χ3v) is 4.50. The molecule has 1 aliphatic carbocycles. The van der Waals surface area contributed by atoms with Crippen LogP contribution in [-0.2, 0) is 6.42 Å². The van der Waals surface area contributed by atoms with Gasteiger partial charge in [0.25, 0.3) is 0 Å². The largest absolute Gasteiger partial charge is 0.294 e. The summed E-state index contributed by atoms with van der Waals surface area (Å²) in [5.41, 5.74) is 3.76. The summed E-state index contributed by atoms with van der Waals surface area (Å²) in [6, 6.07) is 11.4. The summed E-state index contributed by atoms with van der Waals surface area (Å²) >= 11 is 12.2. The maximum absolute atomic E-state index is 12.5. The van der Waals surface area contributed by atoms with Crippen LogP contribution in [0.5, 0.6) is 0 Å². The van der Waals surface area contributed by atoms with Gasteiger partial charge in [0.15, 0.2) is 5.78 Å². The Morgan fingerprint density at radius 1 is 1.15 bits per heavy atom. The van der Waals surface area contributed by atoms with Gasteiger partial charge in [0.2, 0.25) is 0 Å². The van der Waals surface area contributed by atoms with E-state index < -0.39 is 0 Å². The molecule has 0 spiro atoms. The molecule has 3 heteroatoms. The summed E-state index contributed by atoms with van der Waals surface area (Å²) in [5, 5.41) is 1.18. The Bertz CT molecular complexity index is 691. The Kier molecular flexibility index (Phi) is 3.57. The van der Waals surface area contributed by atoms with Gasteiger partial charge in [-0.3, -0.25) is 4.79 Å². The van der Waals surface area contributed by atoms with Crippen molar-refractivity contribution in [1.29, 1.82) is 0 Å². The van der Waals surface area contributed by atoms with E-state index in [0.29, 0.717) is 10.0 Å². The van der Waals surface area contributed by atoms with Gasteiger partial charge in [-0.2, -0.15) is 0 Å². The molecule has 3 rings (SSSR count). The van der Waals surface area contributed by atoms with Crippen LogP contribution in [0, 0.1) is 5.92 Å². The van der Waals surface area contributed by atoms with Crippen LogP contribution >= 0.6 is 23.2 Å². The maximum Gasteiger partial charge on any atom is 0.167 e. The smallest absolute Gasteiger partial charge is 0.167 e. The van der Waals surface area contributed by atoms with Crippen molar-refractivity contribution < 1.29 is 4.79 Å². The van der Waals surface area contributed by atoms with Crippen LogP contribution in [0.2, 0.25) is 10.0 Å². The van der Waals surface area contributed by atoms with Crippen LogP contribution in [0.15, 0.2) is 36.4 Å². The van der Waals surface area contributed by atoms with Gasteiger partial charge < -0.3 is 0 Å². The van der Waals surface area contributed by atoms with Crippen molar-refractivity contribution in [2.24, 2.45) is 5.92 Å². The molecular formula is C17H14Cl2O. The number of carbonyl (C=O) groups is 1. The third-order valence-electron chi connectivity index (χ3n) is 3.95. The van der Waals surface area contributed by atoms with Gasteiger partial charge in [0.05, 0.1) is 0 Å². The number of hydrogen-bond acceptors (Lipinski definition) is 1. The average molecular weight is 305 g/mol. The van der Waals surface area contributed by atoms with E-state index in [-0.39, 0.29) is 11.7 Å². The minimum atomic E-state index is 0.109. The van der Waals surface area contributed by atoms with Crippen molar-refractivity contribution in [3.8, 4) is 11.1 Å². The van der Waals surface area contributed by atoms with E-state index in [1.807, 2.05) is 24.3 Å². The Morgan fingerprint density at radius 2 is 1.95 bits per heavy atom. The molecule has 0 N–H and O–H groups in total. The summed E-state index contributed by atoms with van der Waals surface area (Å²) in [6.45, 7) is 2.06. The van der Waals surface area contributed by atoms with Crippen molar-refractivity contribution in [3.63, 3.8) is 0 Å². The van der Waals surface area contributed by atoms with Gasteiger partial charge in [-0.15, -0.1) is 0 Å². The highest BCUT2D eigenvalue weighted by molar-refractivity contribution is 6.36. The minimum absolute atomic E-state index is 0.109. The fraction of sp³-hybridized carbons (Fsp3) is 0.235. The molecule has 1 nitrogen and oxygen atoms in total. The number of halogens is 2. The Labute approximate surface area is 128 Å². The summed E-state index contributed by atoms with van der Waals surface area (Å²) in [5.74, 6) is 0.348. The van der Waals surface area contributed by atoms with Crippen LogP contribution in [0.4, 0.5) is 0 Å². The molecule has 0 amide bonds. The normalized spacial score (nSPS) is 17.4. The summed E-state index contributed by atoms with van der Waals surface area (Å²) in [6.07, 6.45) is 1.71. The number of benzene rings is 2. The Balaban J connectivity index is 2.18. The first-order valence-electron chi connectivity index (χ1n) is 6.73. The molecule has 0 fully saturated rings. The number of ketones is 1. The van der Waals surface area contributed by atoms with Gasteiger partial charge in [0.1, 0.15) is 0 Å². The zero-order chi connectivity index (χ0) is 14.3. The molecule has 1 aliphatic rings. The lowest BCUT2D eigenvalue weighted by molar-refractivity contribution is 0.0934. The van der Waals surface area contributed by atoms with E-state index in [9.17, 15) is 4.79 Å². The maximum atomic E-state index is 12.5. The van der Waals surface area contributed by atoms with E-state index in [0.717, 1.165) is 35.1 Å². The first-order valence-corrected chi connectivity index (χ1v) is 7.49. The van der Waals surface area contributed by atoms with E-state index in [1.54, 1.807) is 12.1 Å². The zero-order valence-electron chi connectivity index (χ0n) is 11.1. The van der Waals surface area contributed by atoms with Crippen LogP contribution < -0.4 is 0 Å². The lowest BCUT2D eigenvalue weighted by Crippen LogP contribution is -2.07. The first-order chi connectivity index (χ1) is 9.61. The lowest BCUT2D eigenvalue weighted by atomic mass is 9.95. The van der Waals surface area contributed by atoms with Crippen LogP contribution in [0.25, 0.3) is 11.1 Å². The van der Waals surface area contributed by atoms with E-state index in [4.69, 9.17) is 23.2 Å². The molecule has 102 valence electrons. The quantitative estimate of drug-likeness (QED) is 0.723. The zero-order valence-corrected chi connectivity index (χ0v) is 12.6. The van der Waals surface area contributed by atoms with E-state index >= 15 is 0 Å². The van der Waals surface area contributed by atoms with Gasteiger partial charge in [-0.05, 0) is 36.1 Å². The van der Waals surface area contributed by atoms with Gasteiger partial charge in [-0.25, -0.2) is 0 Å². The molecule has 0 aromatic heterocycles. The minimum Gasteiger partial charge on any atom is -0.294 e. The first kappa shape index (κ1) is 13.7.